The average Bonchev–Trinajstić information content (AvgIpc) is 2.32. The second kappa shape index (κ2) is 2.64. The first kappa shape index (κ1) is 6.82. The maximum absolute atomic E-state index is 5.53. The average molecular weight is 152 g/mol. The van der Waals surface area contributed by atoms with Gasteiger partial charge in [-0.1, -0.05) is 0 Å². The highest BCUT2D eigenvalue weighted by molar-refractivity contribution is 5.02. The summed E-state index contributed by atoms with van der Waals surface area (Å²) in [6.45, 7) is 2.62. The Hall–Kier alpha value is -0.870. The van der Waals surface area contributed by atoms with Crippen LogP contribution >= 0.6 is 0 Å². The monoisotopic (exact) mass is 152 g/mol. The zero-order chi connectivity index (χ0) is 7.68. The molecule has 0 amide bonds. The molecule has 0 aliphatic carbocycles. The molecule has 1 saturated heterocycles. The predicted molar refractivity (Wildman–Crippen MR) is 42.0 cm³/mol. The van der Waals surface area contributed by atoms with Gasteiger partial charge in [-0.25, -0.2) is 0 Å². The van der Waals surface area contributed by atoms with Crippen LogP contribution in [0.5, 0.6) is 0 Å². The molecule has 1 aliphatic rings. The van der Waals surface area contributed by atoms with Gasteiger partial charge in [0.25, 0.3) is 0 Å². The highest BCUT2D eigenvalue weighted by Gasteiger charge is 2.20. The first-order valence-electron chi connectivity index (χ1n) is 3.85. The third-order valence-corrected chi connectivity index (χ3v) is 2.07. The Kier molecular flexibility index (Phi) is 1.63. The van der Waals surface area contributed by atoms with E-state index in [0.29, 0.717) is 12.6 Å². The van der Waals surface area contributed by atoms with Gasteiger partial charge < -0.3 is 11.1 Å². The second-order valence-corrected chi connectivity index (χ2v) is 2.78. The van der Waals surface area contributed by atoms with Gasteiger partial charge in [0.1, 0.15) is 0 Å². The lowest BCUT2D eigenvalue weighted by atomic mass is 10.2. The van der Waals surface area contributed by atoms with Crippen LogP contribution in [0.25, 0.3) is 0 Å². The maximum Gasteiger partial charge on any atom is 0.0771 e. The summed E-state index contributed by atoms with van der Waals surface area (Å²) >= 11 is 0. The van der Waals surface area contributed by atoms with Crippen LogP contribution in [-0.4, -0.2) is 22.9 Å². The van der Waals surface area contributed by atoms with Crippen molar-refractivity contribution in [2.75, 3.05) is 13.1 Å². The molecule has 0 unspecified atom stereocenters. The normalized spacial score (nSPS) is 18.3. The van der Waals surface area contributed by atoms with Crippen LogP contribution in [0.4, 0.5) is 0 Å². The van der Waals surface area contributed by atoms with Crippen molar-refractivity contribution < 1.29 is 0 Å². The zero-order valence-electron chi connectivity index (χ0n) is 6.33. The number of nitrogens with two attached hydrogens (primary N) is 1. The van der Waals surface area contributed by atoms with E-state index in [1.807, 2.05) is 10.7 Å². The summed E-state index contributed by atoms with van der Waals surface area (Å²) in [5, 5.41) is 7.40. The molecule has 0 radical (unpaired) electrons. The molecule has 60 valence electrons. The maximum atomic E-state index is 5.53. The Morgan fingerprint density at radius 2 is 2.55 bits per heavy atom. The first-order valence-corrected chi connectivity index (χ1v) is 3.85. The third-order valence-electron chi connectivity index (χ3n) is 2.07. The van der Waals surface area contributed by atoms with Crippen LogP contribution in [0.15, 0.2) is 12.3 Å². The van der Waals surface area contributed by atoms with Crippen molar-refractivity contribution in [3.05, 3.63) is 18.0 Å². The van der Waals surface area contributed by atoms with Gasteiger partial charge in [-0.05, 0) is 6.07 Å². The van der Waals surface area contributed by atoms with E-state index >= 15 is 0 Å². The van der Waals surface area contributed by atoms with Crippen molar-refractivity contribution in [2.24, 2.45) is 5.73 Å². The van der Waals surface area contributed by atoms with E-state index in [0.717, 1.165) is 18.8 Å². The highest BCUT2D eigenvalue weighted by atomic mass is 15.3. The molecule has 2 heterocycles. The number of aromatic nitrogens is 2. The largest absolute Gasteiger partial charge is 0.325 e. The van der Waals surface area contributed by atoms with Crippen LogP contribution in [-0.2, 0) is 6.54 Å². The van der Waals surface area contributed by atoms with Gasteiger partial charge in [0.15, 0.2) is 0 Å². The quantitative estimate of drug-likeness (QED) is 0.600. The minimum absolute atomic E-state index is 0.531. The number of nitrogens with zero attached hydrogens (tertiary/aromatic N) is 2. The molecule has 0 bridgehead atoms. The van der Waals surface area contributed by atoms with Gasteiger partial charge in [0, 0.05) is 25.8 Å². The molecule has 1 aliphatic heterocycles. The predicted octanol–water partition coefficient (Wildman–Crippen LogP) is -0.514. The van der Waals surface area contributed by atoms with E-state index in [1.165, 1.54) is 0 Å². The van der Waals surface area contributed by atoms with Crippen LogP contribution in [0, 0.1) is 0 Å². The van der Waals surface area contributed by atoms with Gasteiger partial charge >= 0.3 is 0 Å². The lowest BCUT2D eigenvalue weighted by Gasteiger charge is -2.28. The van der Waals surface area contributed by atoms with Gasteiger partial charge in [-0.2, -0.15) is 5.10 Å². The lowest BCUT2D eigenvalue weighted by molar-refractivity contribution is 0.310. The second-order valence-electron chi connectivity index (χ2n) is 2.78. The van der Waals surface area contributed by atoms with Crippen molar-refractivity contribution in [1.82, 2.24) is 15.1 Å². The topological polar surface area (TPSA) is 55.9 Å². The summed E-state index contributed by atoms with van der Waals surface area (Å²) in [4.78, 5) is 0. The summed E-state index contributed by atoms with van der Waals surface area (Å²) in [6, 6.07) is 2.50. The van der Waals surface area contributed by atoms with E-state index < -0.39 is 0 Å². The first-order chi connectivity index (χ1) is 5.42. The van der Waals surface area contributed by atoms with Crippen molar-refractivity contribution >= 4 is 0 Å². The van der Waals surface area contributed by atoms with Crippen molar-refractivity contribution in [1.29, 1.82) is 0 Å². The molecule has 0 saturated carbocycles. The lowest BCUT2D eigenvalue weighted by Crippen LogP contribution is -2.44. The number of hydrogen-bond acceptors (Lipinski definition) is 3. The Morgan fingerprint density at radius 3 is 3.09 bits per heavy atom. The molecule has 0 atom stereocenters. The summed E-state index contributed by atoms with van der Waals surface area (Å²) in [7, 11) is 0. The van der Waals surface area contributed by atoms with Crippen LogP contribution in [0.1, 0.15) is 11.7 Å². The number of rotatable bonds is 2. The molecule has 0 spiro atoms. The molecule has 0 aromatic carbocycles. The molecule has 4 heteroatoms. The Bertz CT molecular complexity index is 238. The minimum atomic E-state index is 0.531. The summed E-state index contributed by atoms with van der Waals surface area (Å²) < 4.78 is 2.01. The van der Waals surface area contributed by atoms with E-state index in [-0.39, 0.29) is 0 Å². The smallest absolute Gasteiger partial charge is 0.0771 e. The summed E-state index contributed by atoms with van der Waals surface area (Å²) in [5.41, 5.74) is 6.65. The standard InChI is InChI=1S/C7H12N4/c8-3-6-1-2-10-11(6)7-4-9-5-7/h1-2,7,9H,3-5,8H2. The van der Waals surface area contributed by atoms with Gasteiger partial charge in [0.2, 0.25) is 0 Å². The van der Waals surface area contributed by atoms with E-state index in [4.69, 9.17) is 5.73 Å². The van der Waals surface area contributed by atoms with Crippen molar-refractivity contribution in [2.45, 2.75) is 12.6 Å². The van der Waals surface area contributed by atoms with Crippen molar-refractivity contribution in [3.8, 4) is 0 Å². The van der Waals surface area contributed by atoms with Gasteiger partial charge in [-0.15, -0.1) is 0 Å². The van der Waals surface area contributed by atoms with Crippen LogP contribution in [0.2, 0.25) is 0 Å². The SMILES string of the molecule is NCc1ccnn1C1CNC1. The molecule has 11 heavy (non-hydrogen) atoms. The number of nitrogens with one attached hydrogen (secondary N) is 1. The molecule has 1 aromatic heterocycles. The molecule has 1 aromatic rings. The molecule has 3 N–H and O–H groups in total. The molecule has 1 fully saturated rings. The van der Waals surface area contributed by atoms with Crippen molar-refractivity contribution in [3.63, 3.8) is 0 Å². The molecular weight excluding hydrogens is 140 g/mol. The number of hydrogen-bond donors (Lipinski definition) is 2. The Labute approximate surface area is 65.4 Å². The molecular formula is C7H12N4. The van der Waals surface area contributed by atoms with E-state index in [9.17, 15) is 0 Å². The molecule has 2 rings (SSSR count). The fraction of sp³-hybridized carbons (Fsp3) is 0.571. The summed E-state index contributed by atoms with van der Waals surface area (Å²) in [6.07, 6.45) is 1.81. The third kappa shape index (κ3) is 1.04. The Balaban J connectivity index is 2.20. The molecule has 4 nitrogen and oxygen atoms in total. The fourth-order valence-corrected chi connectivity index (χ4v) is 1.28. The summed E-state index contributed by atoms with van der Waals surface area (Å²) in [5.74, 6) is 0. The van der Waals surface area contributed by atoms with E-state index in [1.54, 1.807) is 6.20 Å². The zero-order valence-corrected chi connectivity index (χ0v) is 6.33. The Morgan fingerprint density at radius 1 is 1.73 bits per heavy atom. The van der Waals surface area contributed by atoms with Crippen LogP contribution in [0.3, 0.4) is 0 Å². The van der Waals surface area contributed by atoms with Crippen LogP contribution < -0.4 is 11.1 Å². The van der Waals surface area contributed by atoms with Gasteiger partial charge in [-0.3, -0.25) is 4.68 Å². The minimum Gasteiger partial charge on any atom is -0.325 e. The van der Waals surface area contributed by atoms with Gasteiger partial charge in [0.05, 0.1) is 11.7 Å². The highest BCUT2D eigenvalue weighted by Crippen LogP contribution is 2.12. The fourth-order valence-electron chi connectivity index (χ4n) is 1.28. The van der Waals surface area contributed by atoms with E-state index in [2.05, 4.69) is 10.4 Å².